The predicted octanol–water partition coefficient (Wildman–Crippen LogP) is 3.81. The van der Waals surface area contributed by atoms with Gasteiger partial charge in [0.15, 0.2) is 9.84 Å². The summed E-state index contributed by atoms with van der Waals surface area (Å²) in [5.41, 5.74) is 2.89. The van der Waals surface area contributed by atoms with Crippen LogP contribution < -0.4 is 4.74 Å². The Morgan fingerprint density at radius 1 is 1.19 bits per heavy atom. The number of amides is 2. The molecule has 2 aliphatic heterocycles. The molecule has 2 aliphatic rings. The van der Waals surface area contributed by atoms with Crippen molar-refractivity contribution in [2.75, 3.05) is 25.2 Å². The van der Waals surface area contributed by atoms with Crippen molar-refractivity contribution in [1.82, 2.24) is 9.80 Å². The molecule has 4 rings (SSSR count). The van der Waals surface area contributed by atoms with Crippen molar-refractivity contribution >= 4 is 56.0 Å². The Balaban J connectivity index is 1.44. The van der Waals surface area contributed by atoms with Crippen LogP contribution in [0.5, 0.6) is 5.75 Å². The molecule has 0 spiro atoms. The minimum Gasteiger partial charge on any atom is -0.497 e. The fourth-order valence-corrected chi connectivity index (χ4v) is 7.27. The number of aryl methyl sites for hydroxylation is 1. The first-order valence-corrected chi connectivity index (χ1v) is 14.6. The summed E-state index contributed by atoms with van der Waals surface area (Å²) in [5, 5.41) is 0. The normalized spacial score (nSPS) is 20.2. The van der Waals surface area contributed by atoms with Gasteiger partial charge in [0.25, 0.3) is 5.91 Å². The molecule has 0 N–H and O–H groups in total. The summed E-state index contributed by atoms with van der Waals surface area (Å²) in [6, 6.07) is 14.8. The monoisotopic (exact) mass is 544 g/mol. The number of hydrogen-bond donors (Lipinski definition) is 0. The molecule has 7 nitrogen and oxygen atoms in total. The number of benzene rings is 2. The summed E-state index contributed by atoms with van der Waals surface area (Å²) in [6.45, 7) is 2.46. The van der Waals surface area contributed by atoms with Crippen LogP contribution in [-0.2, 0) is 26.0 Å². The van der Waals surface area contributed by atoms with E-state index >= 15 is 0 Å². The molecule has 0 saturated carbocycles. The van der Waals surface area contributed by atoms with Crippen molar-refractivity contribution in [2.45, 2.75) is 32.4 Å². The molecule has 1 atom stereocenters. The van der Waals surface area contributed by atoms with Gasteiger partial charge in [-0.15, -0.1) is 0 Å². The van der Waals surface area contributed by atoms with Gasteiger partial charge in [-0.1, -0.05) is 65.9 Å². The maximum absolute atomic E-state index is 13.3. The Morgan fingerprint density at radius 3 is 2.50 bits per heavy atom. The number of sulfone groups is 1. The zero-order chi connectivity index (χ0) is 25.9. The summed E-state index contributed by atoms with van der Waals surface area (Å²) >= 11 is 6.63. The molecular weight excluding hydrogens is 516 g/mol. The number of thioether (sulfide) groups is 1. The largest absolute Gasteiger partial charge is 0.497 e. The second-order valence-electron chi connectivity index (χ2n) is 8.92. The van der Waals surface area contributed by atoms with Crippen LogP contribution in [0.4, 0.5) is 0 Å². The molecule has 2 saturated heterocycles. The first-order valence-electron chi connectivity index (χ1n) is 11.6. The molecule has 0 aliphatic carbocycles. The minimum absolute atomic E-state index is 0.0315. The van der Waals surface area contributed by atoms with Gasteiger partial charge in [0.1, 0.15) is 10.1 Å². The highest BCUT2D eigenvalue weighted by Gasteiger charge is 2.36. The molecule has 2 heterocycles. The molecule has 0 aromatic heterocycles. The van der Waals surface area contributed by atoms with Gasteiger partial charge in [-0.25, -0.2) is 8.42 Å². The third-order valence-corrected chi connectivity index (χ3v) is 9.41. The van der Waals surface area contributed by atoms with Gasteiger partial charge in [-0.2, -0.15) is 0 Å². The molecule has 1 unspecified atom stereocenters. The molecular formula is C26H28N2O5S3. The maximum atomic E-state index is 13.3. The molecule has 190 valence electrons. The topological polar surface area (TPSA) is 84.0 Å². The summed E-state index contributed by atoms with van der Waals surface area (Å²) in [7, 11) is -1.57. The van der Waals surface area contributed by atoms with E-state index in [0.29, 0.717) is 22.2 Å². The third kappa shape index (κ3) is 6.35. The second-order valence-corrected chi connectivity index (χ2v) is 12.8. The Kier molecular flexibility index (Phi) is 8.17. The summed E-state index contributed by atoms with van der Waals surface area (Å²) in [6.07, 6.45) is 2.25. The Labute approximate surface area is 221 Å². The van der Waals surface area contributed by atoms with E-state index < -0.39 is 9.84 Å². The molecule has 2 amide bonds. The van der Waals surface area contributed by atoms with Crippen molar-refractivity contribution in [3.63, 3.8) is 0 Å². The number of hydrogen-bond acceptors (Lipinski definition) is 7. The van der Waals surface area contributed by atoms with Gasteiger partial charge in [0, 0.05) is 25.6 Å². The fourth-order valence-electron chi connectivity index (χ4n) is 4.23. The molecule has 2 aromatic rings. The fraction of sp³-hybridized carbons (Fsp3) is 0.346. The predicted molar refractivity (Wildman–Crippen MR) is 146 cm³/mol. The van der Waals surface area contributed by atoms with Gasteiger partial charge in [0.2, 0.25) is 5.91 Å². The van der Waals surface area contributed by atoms with Crippen LogP contribution in [-0.4, -0.2) is 65.6 Å². The minimum atomic E-state index is -3.16. The molecule has 2 aromatic carbocycles. The molecule has 0 radical (unpaired) electrons. The Morgan fingerprint density at radius 2 is 1.89 bits per heavy atom. The first kappa shape index (κ1) is 26.4. The standard InChI is InChI=1S/C26H28N2O5S3/c1-18-3-5-20(6-4-18)16-28(21-12-14-36(31,32)17-21)24(29)11-13-27-25(30)23(35-26(27)34)15-19-7-9-22(33-2)10-8-19/h3-10,15,21H,11-14,16-17H2,1-2H3/b23-15-. The van der Waals surface area contributed by atoms with Gasteiger partial charge < -0.3 is 9.64 Å². The van der Waals surface area contributed by atoms with Crippen molar-refractivity contribution in [1.29, 1.82) is 0 Å². The number of nitrogens with zero attached hydrogens (tertiary/aromatic N) is 2. The quantitative estimate of drug-likeness (QED) is 0.369. The Bertz CT molecular complexity index is 1290. The highest BCUT2D eigenvalue weighted by molar-refractivity contribution is 8.26. The highest BCUT2D eigenvalue weighted by atomic mass is 32.2. The number of thiocarbonyl (C=S) groups is 1. The van der Waals surface area contributed by atoms with Crippen molar-refractivity contribution in [3.8, 4) is 5.75 Å². The SMILES string of the molecule is COc1ccc(/C=C2\SC(=S)N(CCC(=O)N(Cc3ccc(C)cc3)C3CCS(=O)(=O)C3)C2=O)cc1. The third-order valence-electron chi connectivity index (χ3n) is 6.28. The lowest BCUT2D eigenvalue weighted by molar-refractivity contribution is -0.134. The van der Waals surface area contributed by atoms with Crippen LogP contribution in [0.25, 0.3) is 6.08 Å². The molecule has 2 fully saturated rings. The van der Waals surface area contributed by atoms with Crippen LogP contribution in [0.15, 0.2) is 53.4 Å². The van der Waals surface area contributed by atoms with Crippen LogP contribution >= 0.6 is 24.0 Å². The number of rotatable bonds is 8. The van der Waals surface area contributed by atoms with E-state index in [9.17, 15) is 18.0 Å². The summed E-state index contributed by atoms with van der Waals surface area (Å²) in [5.74, 6) is 0.354. The lowest BCUT2D eigenvalue weighted by atomic mass is 10.1. The van der Waals surface area contributed by atoms with E-state index in [1.807, 2.05) is 55.5 Å². The number of methoxy groups -OCH3 is 1. The van der Waals surface area contributed by atoms with Crippen molar-refractivity contribution in [2.24, 2.45) is 0 Å². The Hall–Kier alpha value is -2.69. The summed E-state index contributed by atoms with van der Waals surface area (Å²) in [4.78, 5) is 29.9. The number of ether oxygens (including phenoxy) is 1. The number of carbonyl (C=O) groups excluding carboxylic acids is 2. The van der Waals surface area contributed by atoms with E-state index in [1.54, 1.807) is 18.1 Å². The van der Waals surface area contributed by atoms with Crippen molar-refractivity contribution < 1.29 is 22.7 Å². The van der Waals surface area contributed by atoms with E-state index in [1.165, 1.54) is 16.7 Å². The lowest BCUT2D eigenvalue weighted by Crippen LogP contribution is -2.42. The van der Waals surface area contributed by atoms with Crippen LogP contribution in [0.3, 0.4) is 0 Å². The maximum Gasteiger partial charge on any atom is 0.266 e. The lowest BCUT2D eigenvalue weighted by Gasteiger charge is -2.29. The average molecular weight is 545 g/mol. The average Bonchev–Trinajstić information content (AvgIpc) is 3.34. The van der Waals surface area contributed by atoms with Gasteiger partial charge in [0.05, 0.1) is 23.5 Å². The van der Waals surface area contributed by atoms with Gasteiger partial charge >= 0.3 is 0 Å². The van der Waals surface area contributed by atoms with E-state index in [-0.39, 0.29) is 42.3 Å². The molecule has 36 heavy (non-hydrogen) atoms. The van der Waals surface area contributed by atoms with Crippen LogP contribution in [0, 0.1) is 6.92 Å². The molecule has 10 heteroatoms. The smallest absolute Gasteiger partial charge is 0.266 e. The zero-order valence-corrected chi connectivity index (χ0v) is 22.6. The van der Waals surface area contributed by atoms with Crippen LogP contribution in [0.2, 0.25) is 0 Å². The summed E-state index contributed by atoms with van der Waals surface area (Å²) < 4.78 is 29.8. The molecule has 0 bridgehead atoms. The van der Waals surface area contributed by atoms with Gasteiger partial charge in [-0.05, 0) is 42.7 Å². The zero-order valence-electron chi connectivity index (χ0n) is 20.2. The second kappa shape index (κ2) is 11.1. The van der Waals surface area contributed by atoms with E-state index in [2.05, 4.69) is 0 Å². The van der Waals surface area contributed by atoms with E-state index in [4.69, 9.17) is 17.0 Å². The van der Waals surface area contributed by atoms with Crippen LogP contribution in [0.1, 0.15) is 29.5 Å². The number of carbonyl (C=O) groups is 2. The van der Waals surface area contributed by atoms with Crippen molar-refractivity contribution in [3.05, 3.63) is 70.1 Å². The highest BCUT2D eigenvalue weighted by Crippen LogP contribution is 2.33. The first-order chi connectivity index (χ1) is 17.1. The van der Waals surface area contributed by atoms with Gasteiger partial charge in [-0.3, -0.25) is 14.5 Å². The van der Waals surface area contributed by atoms with E-state index in [0.717, 1.165) is 22.4 Å².